The molecule has 3 nitrogen and oxygen atoms in total. The monoisotopic (exact) mass is 168 g/mol. The second-order valence-corrected chi connectivity index (χ2v) is 2.57. The minimum atomic E-state index is -0.587. The zero-order valence-corrected chi connectivity index (χ0v) is 6.91. The summed E-state index contributed by atoms with van der Waals surface area (Å²) in [5.41, 5.74) is 0.542. The van der Waals surface area contributed by atoms with Crippen LogP contribution in [0.4, 0.5) is 10.1 Å². The van der Waals surface area contributed by atoms with Crippen LogP contribution in [-0.4, -0.2) is 25.4 Å². The first-order chi connectivity index (χ1) is 5.66. The molecule has 0 aliphatic heterocycles. The van der Waals surface area contributed by atoms with Crippen LogP contribution in [0.1, 0.15) is 10.4 Å². The van der Waals surface area contributed by atoms with Gasteiger partial charge in [0.05, 0.1) is 23.6 Å². The molecule has 12 heavy (non-hydrogen) atoms. The lowest BCUT2D eigenvalue weighted by molar-refractivity contribution is 0.112. The number of halogens is 1. The molecule has 0 saturated heterocycles. The summed E-state index contributed by atoms with van der Waals surface area (Å²) in [5, 5.41) is 0. The fraction of sp³-hybridized carbons (Fsp3) is 0.250. The van der Waals surface area contributed by atoms with E-state index in [1.54, 1.807) is 19.0 Å². The highest BCUT2D eigenvalue weighted by Gasteiger charge is 2.08. The molecule has 64 valence electrons. The lowest BCUT2D eigenvalue weighted by Gasteiger charge is -2.13. The number of carbonyl (C=O) groups is 1. The fourth-order valence-electron chi connectivity index (χ4n) is 0.908. The van der Waals surface area contributed by atoms with E-state index in [2.05, 4.69) is 4.98 Å². The third-order valence-corrected chi connectivity index (χ3v) is 1.52. The third-order valence-electron chi connectivity index (χ3n) is 1.52. The predicted molar refractivity (Wildman–Crippen MR) is 43.9 cm³/mol. The number of anilines is 1. The Morgan fingerprint density at radius 2 is 2.17 bits per heavy atom. The van der Waals surface area contributed by atoms with Crippen molar-refractivity contribution >= 4 is 12.0 Å². The molecule has 0 amide bonds. The van der Waals surface area contributed by atoms with Crippen molar-refractivity contribution in [2.24, 2.45) is 0 Å². The molecular weight excluding hydrogens is 159 g/mol. The van der Waals surface area contributed by atoms with Crippen molar-refractivity contribution in [3.63, 3.8) is 0 Å². The minimum absolute atomic E-state index is 0.0509. The van der Waals surface area contributed by atoms with Gasteiger partial charge < -0.3 is 4.90 Å². The van der Waals surface area contributed by atoms with Crippen molar-refractivity contribution in [1.82, 2.24) is 4.98 Å². The standard InChI is InChI=1S/C8H9FN2O/c1-11(2)8-4-10-3-7(9)6(8)5-12/h3-5H,1-2H3. The number of hydrogen-bond acceptors (Lipinski definition) is 3. The fourth-order valence-corrected chi connectivity index (χ4v) is 0.908. The van der Waals surface area contributed by atoms with Crippen molar-refractivity contribution in [2.45, 2.75) is 0 Å². The molecule has 0 saturated carbocycles. The van der Waals surface area contributed by atoms with E-state index < -0.39 is 5.82 Å². The largest absolute Gasteiger partial charge is 0.376 e. The van der Waals surface area contributed by atoms with Gasteiger partial charge in [0.15, 0.2) is 12.1 Å². The number of hydrogen-bond donors (Lipinski definition) is 0. The van der Waals surface area contributed by atoms with Gasteiger partial charge in [-0.15, -0.1) is 0 Å². The average Bonchev–Trinajstić information content (AvgIpc) is 2.03. The highest BCUT2D eigenvalue weighted by molar-refractivity contribution is 5.84. The summed E-state index contributed by atoms with van der Waals surface area (Å²) in [7, 11) is 3.45. The van der Waals surface area contributed by atoms with Crippen molar-refractivity contribution in [3.05, 3.63) is 23.8 Å². The van der Waals surface area contributed by atoms with Crippen LogP contribution >= 0.6 is 0 Å². The third kappa shape index (κ3) is 1.42. The maximum atomic E-state index is 12.9. The van der Waals surface area contributed by atoms with E-state index in [1.165, 1.54) is 6.20 Å². The minimum Gasteiger partial charge on any atom is -0.376 e. The average molecular weight is 168 g/mol. The van der Waals surface area contributed by atoms with E-state index in [1.807, 2.05) is 0 Å². The first-order valence-electron chi connectivity index (χ1n) is 3.43. The van der Waals surface area contributed by atoms with Gasteiger partial charge in [-0.2, -0.15) is 0 Å². The quantitative estimate of drug-likeness (QED) is 0.620. The zero-order chi connectivity index (χ0) is 9.14. The first kappa shape index (κ1) is 8.64. The second-order valence-electron chi connectivity index (χ2n) is 2.57. The summed E-state index contributed by atoms with van der Waals surface area (Å²) in [6.07, 6.45) is 2.97. The van der Waals surface area contributed by atoms with Gasteiger partial charge in [0.1, 0.15) is 0 Å². The van der Waals surface area contributed by atoms with E-state index in [9.17, 15) is 9.18 Å². The van der Waals surface area contributed by atoms with Gasteiger partial charge in [-0.25, -0.2) is 4.39 Å². The molecule has 0 bridgehead atoms. The van der Waals surface area contributed by atoms with Crippen LogP contribution in [0, 0.1) is 5.82 Å². The number of aromatic nitrogens is 1. The number of nitrogens with zero attached hydrogens (tertiary/aromatic N) is 2. The predicted octanol–water partition coefficient (Wildman–Crippen LogP) is 1.10. The van der Waals surface area contributed by atoms with Crippen LogP contribution in [0.15, 0.2) is 12.4 Å². The summed E-state index contributed by atoms with van der Waals surface area (Å²) in [5.74, 6) is -0.587. The molecule has 0 aliphatic carbocycles. The summed E-state index contributed by atoms with van der Waals surface area (Å²) in [6, 6.07) is 0. The van der Waals surface area contributed by atoms with E-state index in [0.717, 1.165) is 6.20 Å². The van der Waals surface area contributed by atoms with Gasteiger partial charge >= 0.3 is 0 Å². The molecule has 1 rings (SSSR count). The molecule has 0 unspecified atom stereocenters. The Balaban J connectivity index is 3.27. The second kappa shape index (κ2) is 3.30. The Kier molecular flexibility index (Phi) is 2.38. The summed E-state index contributed by atoms with van der Waals surface area (Å²) in [6.45, 7) is 0. The summed E-state index contributed by atoms with van der Waals surface area (Å²) < 4.78 is 12.9. The maximum Gasteiger partial charge on any atom is 0.155 e. The molecule has 1 heterocycles. The van der Waals surface area contributed by atoms with E-state index >= 15 is 0 Å². The number of rotatable bonds is 2. The number of pyridine rings is 1. The molecule has 0 radical (unpaired) electrons. The molecule has 0 fully saturated rings. The Bertz CT molecular complexity index is 299. The molecule has 0 N–H and O–H groups in total. The van der Waals surface area contributed by atoms with Gasteiger partial charge in [-0.05, 0) is 0 Å². The Hall–Kier alpha value is -1.45. The van der Waals surface area contributed by atoms with Gasteiger partial charge in [0.2, 0.25) is 0 Å². The lowest BCUT2D eigenvalue weighted by Crippen LogP contribution is -2.12. The lowest BCUT2D eigenvalue weighted by atomic mass is 10.2. The van der Waals surface area contributed by atoms with Crippen LogP contribution in [0.5, 0.6) is 0 Å². The number of aldehydes is 1. The highest BCUT2D eigenvalue weighted by Crippen LogP contribution is 2.17. The van der Waals surface area contributed by atoms with Crippen molar-refractivity contribution in [1.29, 1.82) is 0 Å². The Morgan fingerprint density at radius 3 is 2.58 bits per heavy atom. The topological polar surface area (TPSA) is 33.2 Å². The molecule has 4 heteroatoms. The molecule has 1 aromatic heterocycles. The highest BCUT2D eigenvalue weighted by atomic mass is 19.1. The van der Waals surface area contributed by atoms with Gasteiger partial charge in [0.25, 0.3) is 0 Å². The van der Waals surface area contributed by atoms with Gasteiger partial charge in [-0.3, -0.25) is 9.78 Å². The summed E-state index contributed by atoms with van der Waals surface area (Å²) in [4.78, 5) is 15.7. The summed E-state index contributed by atoms with van der Waals surface area (Å²) >= 11 is 0. The number of carbonyl (C=O) groups excluding carboxylic acids is 1. The van der Waals surface area contributed by atoms with Crippen LogP contribution < -0.4 is 4.90 Å². The Labute approximate surface area is 69.8 Å². The molecule has 0 aliphatic rings. The van der Waals surface area contributed by atoms with E-state index in [4.69, 9.17) is 0 Å². The van der Waals surface area contributed by atoms with E-state index in [0.29, 0.717) is 12.0 Å². The van der Waals surface area contributed by atoms with Crippen LogP contribution in [0.2, 0.25) is 0 Å². The van der Waals surface area contributed by atoms with Crippen molar-refractivity contribution < 1.29 is 9.18 Å². The van der Waals surface area contributed by atoms with E-state index in [-0.39, 0.29) is 5.56 Å². The van der Waals surface area contributed by atoms with Crippen molar-refractivity contribution in [2.75, 3.05) is 19.0 Å². The van der Waals surface area contributed by atoms with Crippen molar-refractivity contribution in [3.8, 4) is 0 Å². The smallest absolute Gasteiger partial charge is 0.155 e. The molecule has 1 aromatic rings. The normalized spacial score (nSPS) is 9.58. The molecule has 0 spiro atoms. The Morgan fingerprint density at radius 1 is 1.50 bits per heavy atom. The van der Waals surface area contributed by atoms with Crippen LogP contribution in [-0.2, 0) is 0 Å². The molecule has 0 atom stereocenters. The molecular formula is C8H9FN2O. The maximum absolute atomic E-state index is 12.9. The van der Waals surface area contributed by atoms with Gasteiger partial charge in [-0.1, -0.05) is 0 Å². The zero-order valence-electron chi connectivity index (χ0n) is 6.91. The van der Waals surface area contributed by atoms with Gasteiger partial charge in [0, 0.05) is 14.1 Å². The first-order valence-corrected chi connectivity index (χ1v) is 3.43. The van der Waals surface area contributed by atoms with Crippen LogP contribution in [0.3, 0.4) is 0 Å². The SMILES string of the molecule is CN(C)c1cncc(F)c1C=O. The molecule has 0 aromatic carbocycles. The van der Waals surface area contributed by atoms with Crippen LogP contribution in [0.25, 0.3) is 0 Å².